The average molecular weight is 443 g/mol. The number of carbonyl (C=O) groups excluding carboxylic acids is 2. The Labute approximate surface area is 195 Å². The lowest BCUT2D eigenvalue weighted by Gasteiger charge is -2.40. The minimum Gasteiger partial charge on any atom is -0.497 e. The molecule has 0 aromatic heterocycles. The van der Waals surface area contributed by atoms with Crippen molar-refractivity contribution in [3.8, 4) is 5.75 Å². The second-order valence-electron chi connectivity index (χ2n) is 8.44. The third-order valence-corrected chi connectivity index (χ3v) is 6.35. The number of hydrogen-bond acceptors (Lipinski definition) is 3. The summed E-state index contributed by atoms with van der Waals surface area (Å²) in [6, 6.07) is 24.9. The maximum Gasteiger partial charge on any atom is 0.258 e. The number of methoxy groups -OCH3 is 1. The first-order chi connectivity index (χ1) is 16.0. The highest BCUT2D eigenvalue weighted by molar-refractivity contribution is 6.08. The topological polar surface area (TPSA) is 49.9 Å². The van der Waals surface area contributed by atoms with Crippen LogP contribution in [0, 0.1) is 0 Å². The molecule has 0 saturated carbocycles. The number of anilines is 1. The molecule has 5 nitrogen and oxygen atoms in total. The molecule has 170 valence electrons. The highest BCUT2D eigenvalue weighted by Crippen LogP contribution is 2.40. The fraction of sp³-hybridized carbons (Fsp3) is 0.286. The molecular weight excluding hydrogens is 412 g/mol. The number of nitrogens with zero attached hydrogens (tertiary/aromatic N) is 2. The Bertz CT molecular complexity index is 1110. The van der Waals surface area contributed by atoms with Crippen molar-refractivity contribution in [3.05, 3.63) is 95.6 Å². The second kappa shape index (κ2) is 9.90. The van der Waals surface area contributed by atoms with Crippen LogP contribution in [0.5, 0.6) is 5.75 Å². The van der Waals surface area contributed by atoms with Crippen molar-refractivity contribution in [3.63, 3.8) is 0 Å². The summed E-state index contributed by atoms with van der Waals surface area (Å²) in [6.45, 7) is 5.25. The minimum atomic E-state index is -0.278. The normalized spacial score (nSPS) is 17.2. The number of carbonyl (C=O) groups is 2. The lowest BCUT2D eigenvalue weighted by atomic mass is 9.84. The van der Waals surface area contributed by atoms with E-state index in [4.69, 9.17) is 4.74 Å². The summed E-state index contributed by atoms with van der Waals surface area (Å²) in [4.78, 5) is 30.9. The van der Waals surface area contributed by atoms with Crippen LogP contribution in [0.25, 0.3) is 0 Å². The van der Waals surface area contributed by atoms with Crippen LogP contribution in [0.4, 0.5) is 5.69 Å². The lowest BCUT2D eigenvalue weighted by Crippen LogP contribution is -2.46. The Kier molecular flexibility index (Phi) is 6.78. The quantitative estimate of drug-likeness (QED) is 0.523. The van der Waals surface area contributed by atoms with Crippen molar-refractivity contribution in [1.29, 1.82) is 0 Å². The number of ether oxygens (including phenoxy) is 1. The van der Waals surface area contributed by atoms with Gasteiger partial charge in [0.05, 0.1) is 13.0 Å². The molecule has 1 aliphatic rings. The molecule has 2 amide bonds. The predicted molar refractivity (Wildman–Crippen MR) is 131 cm³/mol. The van der Waals surface area contributed by atoms with E-state index in [-0.39, 0.29) is 23.8 Å². The maximum atomic E-state index is 13.7. The van der Waals surface area contributed by atoms with E-state index in [0.717, 1.165) is 16.8 Å². The van der Waals surface area contributed by atoms with Gasteiger partial charge < -0.3 is 14.5 Å². The van der Waals surface area contributed by atoms with Crippen LogP contribution in [0.2, 0.25) is 0 Å². The van der Waals surface area contributed by atoms with Gasteiger partial charge in [0, 0.05) is 30.4 Å². The molecule has 1 aliphatic heterocycles. The number of rotatable bonds is 6. The van der Waals surface area contributed by atoms with Gasteiger partial charge in [-0.2, -0.15) is 0 Å². The molecule has 2 atom stereocenters. The van der Waals surface area contributed by atoms with Gasteiger partial charge in [0.2, 0.25) is 5.91 Å². The van der Waals surface area contributed by atoms with Crippen LogP contribution >= 0.6 is 0 Å². The molecule has 5 heteroatoms. The number of benzene rings is 3. The molecule has 1 heterocycles. The summed E-state index contributed by atoms with van der Waals surface area (Å²) in [5, 5.41) is 0. The van der Waals surface area contributed by atoms with E-state index >= 15 is 0 Å². The Morgan fingerprint density at radius 1 is 0.970 bits per heavy atom. The molecule has 3 aromatic carbocycles. The fourth-order valence-electron chi connectivity index (χ4n) is 4.60. The molecule has 0 aliphatic carbocycles. The summed E-state index contributed by atoms with van der Waals surface area (Å²) in [6.07, 6.45) is 0.586. The standard InChI is InChI=1S/C28H30N2O3/c1-4-29(19-21-10-6-5-7-11-21)28(32)25-18-20(2)30(26-13-9-8-12-24(25)26)27(31)22-14-16-23(33-3)17-15-22/h5-17,20,25H,4,18-19H2,1-3H3/t20-,25-/m0/s1. The molecule has 4 rings (SSSR count). The van der Waals surface area contributed by atoms with Gasteiger partial charge in [0.1, 0.15) is 5.75 Å². The second-order valence-corrected chi connectivity index (χ2v) is 8.44. The van der Waals surface area contributed by atoms with E-state index in [2.05, 4.69) is 0 Å². The van der Waals surface area contributed by atoms with Crippen LogP contribution < -0.4 is 9.64 Å². The van der Waals surface area contributed by atoms with Crippen molar-refractivity contribution in [1.82, 2.24) is 4.90 Å². The van der Waals surface area contributed by atoms with Crippen LogP contribution in [-0.4, -0.2) is 36.4 Å². The number of amides is 2. The van der Waals surface area contributed by atoms with E-state index in [0.29, 0.717) is 30.8 Å². The number of para-hydroxylation sites is 1. The van der Waals surface area contributed by atoms with E-state index in [1.165, 1.54) is 0 Å². The van der Waals surface area contributed by atoms with Crippen molar-refractivity contribution in [2.45, 2.75) is 38.8 Å². The molecule has 0 bridgehead atoms. The molecule has 0 spiro atoms. The molecule has 0 radical (unpaired) electrons. The number of likely N-dealkylation sites (N-methyl/N-ethyl adjacent to an activating group) is 1. The third kappa shape index (κ3) is 4.63. The SMILES string of the molecule is CCN(Cc1ccccc1)C(=O)[C@H]1C[C@H](C)N(C(=O)c2ccc(OC)cc2)c2ccccc21. The van der Waals surface area contributed by atoms with Crippen molar-refractivity contribution in [2.75, 3.05) is 18.6 Å². The van der Waals surface area contributed by atoms with Gasteiger partial charge in [-0.05, 0) is 61.7 Å². The highest BCUT2D eigenvalue weighted by Gasteiger charge is 2.38. The van der Waals surface area contributed by atoms with Gasteiger partial charge >= 0.3 is 0 Å². The summed E-state index contributed by atoms with van der Waals surface area (Å²) < 4.78 is 5.22. The Balaban J connectivity index is 1.63. The molecule has 0 unspecified atom stereocenters. The van der Waals surface area contributed by atoms with Gasteiger partial charge in [0.25, 0.3) is 5.91 Å². The highest BCUT2D eigenvalue weighted by atomic mass is 16.5. The number of fused-ring (bicyclic) bond motifs is 1. The molecule has 33 heavy (non-hydrogen) atoms. The van der Waals surface area contributed by atoms with Crippen molar-refractivity contribution in [2.24, 2.45) is 0 Å². The Hall–Kier alpha value is -3.60. The summed E-state index contributed by atoms with van der Waals surface area (Å²) in [5.41, 5.74) is 3.43. The first-order valence-corrected chi connectivity index (χ1v) is 11.4. The maximum absolute atomic E-state index is 13.7. The molecular formula is C28H30N2O3. The van der Waals surface area contributed by atoms with Gasteiger partial charge in [0.15, 0.2) is 0 Å². The zero-order valence-electron chi connectivity index (χ0n) is 19.4. The van der Waals surface area contributed by atoms with Gasteiger partial charge in [-0.15, -0.1) is 0 Å². The summed E-state index contributed by atoms with van der Waals surface area (Å²) in [7, 11) is 1.61. The van der Waals surface area contributed by atoms with Crippen molar-refractivity contribution < 1.29 is 14.3 Å². The van der Waals surface area contributed by atoms with Crippen LogP contribution in [-0.2, 0) is 11.3 Å². The Morgan fingerprint density at radius 3 is 2.30 bits per heavy atom. The first kappa shape index (κ1) is 22.6. The lowest BCUT2D eigenvalue weighted by molar-refractivity contribution is -0.133. The minimum absolute atomic E-state index is 0.0693. The van der Waals surface area contributed by atoms with Gasteiger partial charge in [-0.3, -0.25) is 9.59 Å². The molecule has 0 fully saturated rings. The zero-order chi connectivity index (χ0) is 23.4. The monoisotopic (exact) mass is 442 g/mol. The third-order valence-electron chi connectivity index (χ3n) is 6.35. The zero-order valence-corrected chi connectivity index (χ0v) is 19.4. The van der Waals surface area contributed by atoms with Gasteiger partial charge in [-0.25, -0.2) is 0 Å². The van der Waals surface area contributed by atoms with Crippen LogP contribution in [0.1, 0.15) is 47.7 Å². The van der Waals surface area contributed by atoms with E-state index in [1.54, 1.807) is 31.4 Å². The summed E-state index contributed by atoms with van der Waals surface area (Å²) >= 11 is 0. The Morgan fingerprint density at radius 2 is 1.64 bits per heavy atom. The average Bonchev–Trinajstić information content (AvgIpc) is 2.86. The van der Waals surface area contributed by atoms with E-state index < -0.39 is 0 Å². The smallest absolute Gasteiger partial charge is 0.258 e. The van der Waals surface area contributed by atoms with Crippen molar-refractivity contribution >= 4 is 17.5 Å². The van der Waals surface area contributed by atoms with Gasteiger partial charge in [-0.1, -0.05) is 48.5 Å². The fourth-order valence-corrected chi connectivity index (χ4v) is 4.60. The molecule has 0 N–H and O–H groups in total. The number of hydrogen-bond donors (Lipinski definition) is 0. The molecule has 0 saturated heterocycles. The van der Waals surface area contributed by atoms with Crippen LogP contribution in [0.15, 0.2) is 78.9 Å². The first-order valence-electron chi connectivity index (χ1n) is 11.4. The largest absolute Gasteiger partial charge is 0.497 e. The van der Waals surface area contributed by atoms with E-state index in [9.17, 15) is 9.59 Å². The molecule has 3 aromatic rings. The van der Waals surface area contributed by atoms with E-state index in [1.807, 2.05) is 78.2 Å². The predicted octanol–water partition coefficient (Wildman–Crippen LogP) is 5.27. The summed E-state index contributed by atoms with van der Waals surface area (Å²) in [5.74, 6) is 0.472. The van der Waals surface area contributed by atoms with Crippen LogP contribution in [0.3, 0.4) is 0 Å².